The zero-order chi connectivity index (χ0) is 33.5. The Morgan fingerprint density at radius 1 is 0.479 bits per heavy atom. The number of rotatable bonds is 30. The molecule has 1 N–H and O–H groups in total. The lowest BCUT2D eigenvalue weighted by molar-refractivity contribution is 0.00497. The highest BCUT2D eigenvalue weighted by Gasteiger charge is 2.11. The lowest BCUT2D eigenvalue weighted by Gasteiger charge is -2.15. The van der Waals surface area contributed by atoms with Crippen molar-refractivity contribution in [3.8, 4) is 0 Å². The van der Waals surface area contributed by atoms with Gasteiger partial charge in [-0.25, -0.2) is 0 Å². The van der Waals surface area contributed by atoms with Gasteiger partial charge in [0.15, 0.2) is 0 Å². The number of hydrogen-bond donors (Lipinski definition) is 1. The normalized spacial score (nSPS) is 12.6. The van der Waals surface area contributed by atoms with Gasteiger partial charge in [-0.15, -0.1) is 0 Å². The summed E-state index contributed by atoms with van der Waals surface area (Å²) in [7, 11) is 0. The first-order chi connectivity index (χ1) is 23.8. The second-order valence-corrected chi connectivity index (χ2v) is 14.9. The summed E-state index contributed by atoms with van der Waals surface area (Å²) in [6.45, 7) is 3.27. The molecule has 48 heavy (non-hydrogen) atoms. The minimum absolute atomic E-state index is 0.0427. The van der Waals surface area contributed by atoms with Gasteiger partial charge in [-0.3, -0.25) is 0 Å². The maximum absolute atomic E-state index is 9.77. The van der Waals surface area contributed by atoms with E-state index >= 15 is 0 Å². The molecule has 0 radical (unpaired) electrons. The highest BCUT2D eigenvalue weighted by molar-refractivity contribution is 6.23. The van der Waals surface area contributed by atoms with Crippen molar-refractivity contribution < 1.29 is 9.84 Å². The molecule has 1 atom stereocenters. The molecular weight excluding hydrogens is 585 g/mol. The van der Waals surface area contributed by atoms with Gasteiger partial charge in [0.05, 0.1) is 12.7 Å². The third-order valence-electron chi connectivity index (χ3n) is 10.9. The van der Waals surface area contributed by atoms with E-state index in [0.29, 0.717) is 0 Å². The van der Waals surface area contributed by atoms with Crippen LogP contribution in [0.1, 0.15) is 173 Å². The van der Waals surface area contributed by atoms with Crippen LogP contribution in [-0.4, -0.2) is 24.4 Å². The van der Waals surface area contributed by atoms with E-state index in [1.54, 1.807) is 0 Å². The number of hydrogen-bond acceptors (Lipinski definition) is 2. The molecule has 0 heterocycles. The maximum Gasteiger partial charge on any atom is 0.0805 e. The first kappa shape index (κ1) is 38.6. The van der Waals surface area contributed by atoms with E-state index in [2.05, 4.69) is 61.5 Å². The number of aliphatic hydroxyl groups is 1. The molecule has 0 saturated carbocycles. The summed E-state index contributed by atoms with van der Waals surface area (Å²) >= 11 is 0. The smallest absolute Gasteiger partial charge is 0.0805 e. The number of aryl methyl sites for hydroxylation is 1. The lowest BCUT2D eigenvalue weighted by atomic mass is 9.90. The van der Waals surface area contributed by atoms with Gasteiger partial charge >= 0.3 is 0 Å². The summed E-state index contributed by atoms with van der Waals surface area (Å²) in [5.41, 5.74) is 1.51. The van der Waals surface area contributed by atoms with Crippen LogP contribution in [0.3, 0.4) is 0 Å². The molecule has 0 aromatic heterocycles. The fraction of sp³-hybridized carbons (Fsp3) is 0.652. The van der Waals surface area contributed by atoms with Crippen molar-refractivity contribution in [3.05, 3.63) is 60.2 Å². The van der Waals surface area contributed by atoms with Crippen LogP contribution in [0.15, 0.2) is 54.6 Å². The van der Waals surface area contributed by atoms with Gasteiger partial charge in [-0.1, -0.05) is 203 Å². The van der Waals surface area contributed by atoms with Crippen LogP contribution < -0.4 is 0 Å². The van der Waals surface area contributed by atoms with Crippen LogP contribution in [0.2, 0.25) is 0 Å². The molecule has 4 aromatic rings. The van der Waals surface area contributed by atoms with Crippen molar-refractivity contribution in [1.29, 1.82) is 0 Å². The Morgan fingerprint density at radius 3 is 1.50 bits per heavy atom. The molecule has 0 saturated heterocycles. The van der Waals surface area contributed by atoms with Crippen molar-refractivity contribution in [3.63, 3.8) is 0 Å². The number of benzene rings is 4. The number of unbranched alkanes of at least 4 members (excludes halogenated alkanes) is 22. The van der Waals surface area contributed by atoms with E-state index in [-0.39, 0.29) is 12.7 Å². The average molecular weight is 655 g/mol. The molecule has 0 aliphatic carbocycles. The lowest BCUT2D eigenvalue weighted by Crippen LogP contribution is -2.18. The Morgan fingerprint density at radius 2 is 0.938 bits per heavy atom. The van der Waals surface area contributed by atoms with E-state index in [9.17, 15) is 5.11 Å². The van der Waals surface area contributed by atoms with Gasteiger partial charge in [0.2, 0.25) is 0 Å². The van der Waals surface area contributed by atoms with Crippen LogP contribution in [0.25, 0.3) is 32.3 Å². The fourth-order valence-corrected chi connectivity index (χ4v) is 7.89. The fourth-order valence-electron chi connectivity index (χ4n) is 7.89. The number of aliphatic hydroxyl groups excluding tert-OH is 1. The molecule has 0 fully saturated rings. The third kappa shape index (κ3) is 13.6. The van der Waals surface area contributed by atoms with E-state index in [1.807, 2.05) is 0 Å². The Kier molecular flexibility index (Phi) is 19.4. The predicted octanol–water partition coefficient (Wildman–Crippen LogP) is 14.3. The Bertz CT molecular complexity index is 1340. The monoisotopic (exact) mass is 655 g/mol. The molecule has 1 unspecified atom stereocenters. The first-order valence-corrected chi connectivity index (χ1v) is 20.7. The van der Waals surface area contributed by atoms with E-state index in [4.69, 9.17) is 4.74 Å². The number of ether oxygens (including phenoxy) is 1. The van der Waals surface area contributed by atoms with Crippen molar-refractivity contribution in [2.45, 2.75) is 180 Å². The van der Waals surface area contributed by atoms with Gasteiger partial charge in [0.1, 0.15) is 0 Å². The molecular formula is C46H70O2. The van der Waals surface area contributed by atoms with Crippen molar-refractivity contribution in [2.24, 2.45) is 0 Å². The Balaban J connectivity index is 0.920. The quantitative estimate of drug-likeness (QED) is 0.0448. The molecule has 0 aliphatic heterocycles. The van der Waals surface area contributed by atoms with Crippen LogP contribution in [-0.2, 0) is 11.2 Å². The summed E-state index contributed by atoms with van der Waals surface area (Å²) in [4.78, 5) is 0. The Labute approximate surface area is 294 Å². The van der Waals surface area contributed by atoms with E-state index in [1.165, 1.54) is 192 Å². The van der Waals surface area contributed by atoms with Crippen molar-refractivity contribution >= 4 is 32.3 Å². The summed E-state index contributed by atoms with van der Waals surface area (Å²) in [5, 5.41) is 18.2. The largest absolute Gasteiger partial charge is 0.394 e. The first-order valence-electron chi connectivity index (χ1n) is 20.7. The maximum atomic E-state index is 9.77. The zero-order valence-electron chi connectivity index (χ0n) is 30.9. The Hall–Kier alpha value is -2.16. The molecule has 4 aromatic carbocycles. The van der Waals surface area contributed by atoms with Gasteiger partial charge in [0, 0.05) is 6.61 Å². The zero-order valence-corrected chi connectivity index (χ0v) is 30.9. The summed E-state index contributed by atoms with van der Waals surface area (Å²) in [6, 6.07) is 20.6. The SMILES string of the molecule is CCCCCCCCCCCCCCCCCCCC(CO)OCCCCCCCCCc1ccc2ccc3cccc4ccc1c2c34. The highest BCUT2D eigenvalue weighted by Crippen LogP contribution is 2.36. The summed E-state index contributed by atoms with van der Waals surface area (Å²) in [5.74, 6) is 0. The molecule has 2 nitrogen and oxygen atoms in total. The molecule has 0 amide bonds. The van der Waals surface area contributed by atoms with Gasteiger partial charge in [-0.2, -0.15) is 0 Å². The molecule has 4 rings (SSSR count). The van der Waals surface area contributed by atoms with Crippen LogP contribution in [0.4, 0.5) is 0 Å². The second-order valence-electron chi connectivity index (χ2n) is 14.9. The topological polar surface area (TPSA) is 29.5 Å². The molecule has 266 valence electrons. The second kappa shape index (κ2) is 24.1. The standard InChI is InChI=1S/C46H70O2/c1-2-3-4-5-6-7-8-9-10-11-12-13-14-15-18-21-24-30-43(38-47)48-37-25-22-19-16-17-20-23-27-39-31-32-42-34-33-40-28-26-29-41-35-36-44(39)46(42)45(40)41/h26,28-29,31-36,43,47H,2-25,27,30,37-38H2,1H3. The van der Waals surface area contributed by atoms with Gasteiger partial charge in [-0.05, 0) is 63.6 Å². The summed E-state index contributed by atoms with van der Waals surface area (Å²) in [6.07, 6.45) is 34.9. The van der Waals surface area contributed by atoms with Gasteiger partial charge < -0.3 is 9.84 Å². The van der Waals surface area contributed by atoms with Crippen LogP contribution in [0.5, 0.6) is 0 Å². The molecule has 0 spiro atoms. The van der Waals surface area contributed by atoms with E-state index in [0.717, 1.165) is 19.4 Å². The summed E-state index contributed by atoms with van der Waals surface area (Å²) < 4.78 is 6.04. The van der Waals surface area contributed by atoms with Crippen LogP contribution >= 0.6 is 0 Å². The van der Waals surface area contributed by atoms with Crippen LogP contribution in [0, 0.1) is 0 Å². The van der Waals surface area contributed by atoms with Gasteiger partial charge in [0.25, 0.3) is 0 Å². The minimum atomic E-state index is 0.0427. The van der Waals surface area contributed by atoms with Crippen molar-refractivity contribution in [2.75, 3.05) is 13.2 Å². The molecule has 2 heteroatoms. The molecule has 0 aliphatic rings. The average Bonchev–Trinajstić information content (AvgIpc) is 3.12. The highest BCUT2D eigenvalue weighted by atomic mass is 16.5. The minimum Gasteiger partial charge on any atom is -0.394 e. The predicted molar refractivity (Wildman–Crippen MR) is 212 cm³/mol. The van der Waals surface area contributed by atoms with E-state index < -0.39 is 0 Å². The molecule has 0 bridgehead atoms. The van der Waals surface area contributed by atoms with Crippen molar-refractivity contribution in [1.82, 2.24) is 0 Å². The third-order valence-corrected chi connectivity index (χ3v) is 10.9.